The second-order valence-electron chi connectivity index (χ2n) is 4.99. The van der Waals surface area contributed by atoms with Crippen LogP contribution < -0.4 is 5.73 Å². The van der Waals surface area contributed by atoms with Gasteiger partial charge in [-0.1, -0.05) is 12.8 Å². The molecule has 1 aromatic carbocycles. The average Bonchev–Trinajstić information content (AvgIpc) is 2.94. The number of carbonyl (C=O) groups is 1. The first-order valence-electron chi connectivity index (χ1n) is 6.71. The highest BCUT2D eigenvalue weighted by Crippen LogP contribution is 2.27. The number of nitrogen functional groups attached to an aromatic ring is 1. The van der Waals surface area contributed by atoms with Crippen molar-refractivity contribution in [2.75, 3.05) is 18.9 Å². The highest BCUT2D eigenvalue weighted by molar-refractivity contribution is 5.96. The van der Waals surface area contributed by atoms with Crippen LogP contribution in [0.25, 0.3) is 0 Å². The number of hydrogen-bond donors (Lipinski definition) is 2. The second kappa shape index (κ2) is 6.17. The third-order valence-corrected chi connectivity index (χ3v) is 3.70. The molecule has 1 saturated carbocycles. The summed E-state index contributed by atoms with van der Waals surface area (Å²) in [7, 11) is 0. The Morgan fingerprint density at radius 1 is 1.35 bits per heavy atom. The SMILES string of the molecule is Nc1ccc(F)c(C(=O)N(CCO)C2CCCC2)c1F. The second-order valence-corrected chi connectivity index (χ2v) is 4.99. The van der Waals surface area contributed by atoms with E-state index in [2.05, 4.69) is 0 Å². The molecule has 0 radical (unpaired) electrons. The first-order valence-corrected chi connectivity index (χ1v) is 6.71. The van der Waals surface area contributed by atoms with Crippen molar-refractivity contribution in [3.05, 3.63) is 29.3 Å². The molecule has 1 aliphatic carbocycles. The van der Waals surface area contributed by atoms with E-state index in [0.717, 1.165) is 37.8 Å². The van der Waals surface area contributed by atoms with Crippen molar-refractivity contribution in [1.82, 2.24) is 4.90 Å². The summed E-state index contributed by atoms with van der Waals surface area (Å²) in [5, 5.41) is 9.08. The normalized spacial score (nSPS) is 15.6. The fraction of sp³-hybridized carbons (Fsp3) is 0.500. The number of anilines is 1. The Bertz CT molecular complexity index is 502. The Hall–Kier alpha value is -1.69. The van der Waals surface area contributed by atoms with Gasteiger partial charge in [0.2, 0.25) is 0 Å². The van der Waals surface area contributed by atoms with E-state index in [1.807, 2.05) is 0 Å². The smallest absolute Gasteiger partial charge is 0.260 e. The number of aliphatic hydroxyl groups excluding tert-OH is 1. The molecule has 1 amide bonds. The Kier molecular flexibility index (Phi) is 4.54. The summed E-state index contributed by atoms with van der Waals surface area (Å²) in [5.74, 6) is -2.70. The zero-order valence-corrected chi connectivity index (χ0v) is 11.1. The quantitative estimate of drug-likeness (QED) is 0.830. The first-order chi connectivity index (χ1) is 9.56. The Morgan fingerprint density at radius 2 is 2.00 bits per heavy atom. The van der Waals surface area contributed by atoms with Gasteiger partial charge in [0.15, 0.2) is 5.82 Å². The topological polar surface area (TPSA) is 66.6 Å². The summed E-state index contributed by atoms with van der Waals surface area (Å²) in [6.07, 6.45) is 3.53. The van der Waals surface area contributed by atoms with Crippen LogP contribution in [0.4, 0.5) is 14.5 Å². The standard InChI is InChI=1S/C14H18F2N2O2/c15-10-5-6-11(17)13(16)12(10)14(20)18(7-8-19)9-3-1-2-4-9/h5-6,9,19H,1-4,7-8,17H2. The molecule has 0 aromatic heterocycles. The molecular formula is C14H18F2N2O2. The molecule has 0 bridgehead atoms. The Morgan fingerprint density at radius 3 is 2.60 bits per heavy atom. The predicted octanol–water partition coefficient (Wildman–Crippen LogP) is 1.92. The first kappa shape index (κ1) is 14.7. The van der Waals surface area contributed by atoms with E-state index in [0.29, 0.717) is 0 Å². The monoisotopic (exact) mass is 284 g/mol. The van der Waals surface area contributed by atoms with Gasteiger partial charge in [0, 0.05) is 12.6 Å². The van der Waals surface area contributed by atoms with Gasteiger partial charge in [0.1, 0.15) is 11.4 Å². The van der Waals surface area contributed by atoms with E-state index in [1.165, 1.54) is 4.90 Å². The minimum atomic E-state index is -1.03. The van der Waals surface area contributed by atoms with Gasteiger partial charge in [-0.3, -0.25) is 4.79 Å². The van der Waals surface area contributed by atoms with E-state index < -0.39 is 23.1 Å². The van der Waals surface area contributed by atoms with Crippen LogP contribution >= 0.6 is 0 Å². The molecule has 110 valence electrons. The molecule has 0 saturated heterocycles. The summed E-state index contributed by atoms with van der Waals surface area (Å²) in [6.45, 7) is -0.176. The molecule has 1 aliphatic rings. The molecule has 1 fully saturated rings. The van der Waals surface area contributed by atoms with E-state index in [9.17, 15) is 13.6 Å². The minimum absolute atomic E-state index is 0.0666. The van der Waals surface area contributed by atoms with Crippen molar-refractivity contribution in [3.8, 4) is 0 Å². The lowest BCUT2D eigenvalue weighted by molar-refractivity contribution is 0.0628. The number of amides is 1. The van der Waals surface area contributed by atoms with Crippen molar-refractivity contribution in [2.45, 2.75) is 31.7 Å². The molecule has 4 nitrogen and oxygen atoms in total. The molecule has 0 unspecified atom stereocenters. The fourth-order valence-electron chi connectivity index (χ4n) is 2.68. The number of hydrogen-bond acceptors (Lipinski definition) is 3. The summed E-state index contributed by atoms with van der Waals surface area (Å²) >= 11 is 0. The van der Waals surface area contributed by atoms with Crippen LogP contribution in [-0.4, -0.2) is 35.1 Å². The Balaban J connectivity index is 2.34. The van der Waals surface area contributed by atoms with E-state index in [4.69, 9.17) is 10.8 Å². The highest BCUT2D eigenvalue weighted by atomic mass is 19.1. The van der Waals surface area contributed by atoms with Crippen molar-refractivity contribution < 1.29 is 18.7 Å². The van der Waals surface area contributed by atoms with Crippen molar-refractivity contribution >= 4 is 11.6 Å². The van der Waals surface area contributed by atoms with Gasteiger partial charge in [-0.2, -0.15) is 0 Å². The van der Waals surface area contributed by atoms with E-state index >= 15 is 0 Å². The van der Waals surface area contributed by atoms with Crippen LogP contribution in [0.2, 0.25) is 0 Å². The lowest BCUT2D eigenvalue weighted by atomic mass is 10.1. The summed E-state index contributed by atoms with van der Waals surface area (Å²) in [4.78, 5) is 13.8. The molecule has 0 aliphatic heterocycles. The summed E-state index contributed by atoms with van der Waals surface area (Å²) < 4.78 is 27.7. The van der Waals surface area contributed by atoms with Crippen LogP contribution in [-0.2, 0) is 0 Å². The molecule has 3 N–H and O–H groups in total. The zero-order valence-electron chi connectivity index (χ0n) is 11.1. The van der Waals surface area contributed by atoms with Gasteiger partial charge >= 0.3 is 0 Å². The Labute approximate surface area is 116 Å². The van der Waals surface area contributed by atoms with Crippen LogP contribution in [0.3, 0.4) is 0 Å². The summed E-state index contributed by atoms with van der Waals surface area (Å²) in [6, 6.07) is 2.00. The van der Waals surface area contributed by atoms with Crippen molar-refractivity contribution in [1.29, 1.82) is 0 Å². The molecular weight excluding hydrogens is 266 g/mol. The van der Waals surface area contributed by atoms with E-state index in [1.54, 1.807) is 0 Å². The maximum atomic E-state index is 13.9. The number of rotatable bonds is 4. The number of nitrogens with zero attached hydrogens (tertiary/aromatic N) is 1. The van der Waals surface area contributed by atoms with Crippen LogP contribution in [0.5, 0.6) is 0 Å². The lowest BCUT2D eigenvalue weighted by Gasteiger charge is -2.28. The minimum Gasteiger partial charge on any atom is -0.396 e. The molecule has 20 heavy (non-hydrogen) atoms. The fourth-order valence-corrected chi connectivity index (χ4v) is 2.68. The molecule has 0 atom stereocenters. The van der Waals surface area contributed by atoms with Crippen molar-refractivity contribution in [2.24, 2.45) is 0 Å². The number of carbonyl (C=O) groups excluding carboxylic acids is 1. The van der Waals surface area contributed by atoms with Gasteiger partial charge in [-0.25, -0.2) is 8.78 Å². The molecule has 0 spiro atoms. The third-order valence-electron chi connectivity index (χ3n) is 3.70. The maximum absolute atomic E-state index is 13.9. The van der Waals surface area contributed by atoms with Gasteiger partial charge in [0.25, 0.3) is 5.91 Å². The van der Waals surface area contributed by atoms with Gasteiger partial charge in [0.05, 0.1) is 12.3 Å². The molecule has 6 heteroatoms. The molecule has 2 rings (SSSR count). The van der Waals surface area contributed by atoms with Gasteiger partial charge in [-0.05, 0) is 25.0 Å². The summed E-state index contributed by atoms with van der Waals surface area (Å²) in [5.41, 5.74) is 4.50. The maximum Gasteiger partial charge on any atom is 0.260 e. The van der Waals surface area contributed by atoms with Crippen LogP contribution in [0.15, 0.2) is 12.1 Å². The predicted molar refractivity (Wildman–Crippen MR) is 71.1 cm³/mol. The zero-order chi connectivity index (χ0) is 14.7. The van der Waals surface area contributed by atoms with Crippen molar-refractivity contribution in [3.63, 3.8) is 0 Å². The van der Waals surface area contributed by atoms with Gasteiger partial charge in [-0.15, -0.1) is 0 Å². The molecule has 0 heterocycles. The van der Waals surface area contributed by atoms with Crippen LogP contribution in [0, 0.1) is 11.6 Å². The largest absolute Gasteiger partial charge is 0.396 e. The van der Waals surface area contributed by atoms with Gasteiger partial charge < -0.3 is 15.7 Å². The lowest BCUT2D eigenvalue weighted by Crippen LogP contribution is -2.41. The van der Waals surface area contributed by atoms with Crippen LogP contribution in [0.1, 0.15) is 36.0 Å². The number of nitrogens with two attached hydrogens (primary N) is 1. The third kappa shape index (κ3) is 2.75. The average molecular weight is 284 g/mol. The highest BCUT2D eigenvalue weighted by Gasteiger charge is 2.30. The van der Waals surface area contributed by atoms with E-state index in [-0.39, 0.29) is 24.9 Å². The number of aliphatic hydroxyl groups is 1. The number of halogens is 2. The number of benzene rings is 1. The molecule has 1 aromatic rings.